The maximum Gasteiger partial charge on any atom is 0.243 e. The first kappa shape index (κ1) is 13.5. The zero-order valence-electron chi connectivity index (χ0n) is 10.4. The van der Waals surface area contributed by atoms with Crippen molar-refractivity contribution in [3.8, 4) is 0 Å². The molecular weight excluding hydrogens is 254 g/mol. The molecule has 1 heterocycles. The highest BCUT2D eigenvalue weighted by Gasteiger charge is 2.37. The zero-order chi connectivity index (χ0) is 13.5. The maximum absolute atomic E-state index is 12.3. The van der Waals surface area contributed by atoms with Crippen LogP contribution in [0.1, 0.15) is 11.1 Å². The van der Waals surface area contributed by atoms with Crippen LogP contribution >= 0.6 is 0 Å². The first-order chi connectivity index (χ1) is 8.30. The lowest BCUT2D eigenvalue weighted by molar-refractivity contribution is 0.0572. The van der Waals surface area contributed by atoms with Gasteiger partial charge < -0.3 is 10.2 Å². The Labute approximate surface area is 107 Å². The summed E-state index contributed by atoms with van der Waals surface area (Å²) in [5.74, 6) is 0. The van der Waals surface area contributed by atoms with Gasteiger partial charge in [-0.25, -0.2) is 8.42 Å². The fourth-order valence-electron chi connectivity index (χ4n) is 2.16. The topological polar surface area (TPSA) is 77.8 Å². The van der Waals surface area contributed by atoms with E-state index in [0.717, 1.165) is 15.4 Å². The molecule has 0 unspecified atom stereocenters. The standard InChI is InChI=1S/C12H17NO4S/c1-8-3-9(2)5-10(4-8)18(16,17)13-6-11(14)12(15)7-13/h3-5,11-12,14-15H,6-7H2,1-2H3/t11-,12+. The molecule has 2 rings (SSSR count). The van der Waals surface area contributed by atoms with Crippen molar-refractivity contribution in [1.82, 2.24) is 4.31 Å². The van der Waals surface area contributed by atoms with Crippen molar-refractivity contribution in [2.24, 2.45) is 0 Å². The molecule has 2 atom stereocenters. The van der Waals surface area contributed by atoms with Crippen LogP contribution < -0.4 is 0 Å². The predicted octanol–water partition coefficient (Wildman–Crippen LogP) is 0.0295. The van der Waals surface area contributed by atoms with Gasteiger partial charge in [0.05, 0.1) is 17.1 Å². The maximum atomic E-state index is 12.3. The first-order valence-corrected chi connectivity index (χ1v) is 7.19. The Morgan fingerprint density at radius 3 is 1.94 bits per heavy atom. The number of benzene rings is 1. The van der Waals surface area contributed by atoms with Crippen LogP contribution in [-0.2, 0) is 10.0 Å². The Kier molecular flexibility index (Phi) is 3.46. The lowest BCUT2D eigenvalue weighted by Crippen LogP contribution is -2.30. The van der Waals surface area contributed by atoms with Crippen molar-refractivity contribution < 1.29 is 18.6 Å². The number of β-amino-alcohol motifs (C(OH)–C–C–N with tert-alkyl or cyclic N) is 2. The Balaban J connectivity index is 2.37. The van der Waals surface area contributed by atoms with Gasteiger partial charge in [0.25, 0.3) is 0 Å². The Bertz CT molecular complexity index is 525. The molecule has 1 aromatic carbocycles. The molecule has 1 aliphatic rings. The molecule has 1 fully saturated rings. The molecule has 0 bridgehead atoms. The molecule has 1 aromatic rings. The lowest BCUT2D eigenvalue weighted by atomic mass is 10.2. The number of aryl methyl sites for hydroxylation is 2. The van der Waals surface area contributed by atoms with E-state index >= 15 is 0 Å². The van der Waals surface area contributed by atoms with Crippen LogP contribution in [0.15, 0.2) is 23.1 Å². The zero-order valence-corrected chi connectivity index (χ0v) is 11.2. The monoisotopic (exact) mass is 271 g/mol. The van der Waals surface area contributed by atoms with E-state index in [2.05, 4.69) is 0 Å². The van der Waals surface area contributed by atoms with E-state index in [1.54, 1.807) is 12.1 Å². The lowest BCUT2D eigenvalue weighted by Gasteiger charge is -2.16. The highest BCUT2D eigenvalue weighted by molar-refractivity contribution is 7.89. The van der Waals surface area contributed by atoms with Crippen molar-refractivity contribution in [2.75, 3.05) is 13.1 Å². The van der Waals surface area contributed by atoms with E-state index in [9.17, 15) is 18.6 Å². The number of aliphatic hydroxyl groups excluding tert-OH is 2. The summed E-state index contributed by atoms with van der Waals surface area (Å²) in [5, 5.41) is 18.9. The summed E-state index contributed by atoms with van der Waals surface area (Å²) in [6, 6.07) is 5.09. The average Bonchev–Trinajstić information content (AvgIpc) is 2.58. The number of rotatable bonds is 2. The molecule has 5 nitrogen and oxygen atoms in total. The van der Waals surface area contributed by atoms with Crippen LogP contribution in [0.4, 0.5) is 0 Å². The van der Waals surface area contributed by atoms with Crippen LogP contribution in [0.25, 0.3) is 0 Å². The summed E-state index contributed by atoms with van der Waals surface area (Å²) in [7, 11) is -3.64. The SMILES string of the molecule is Cc1cc(C)cc(S(=O)(=O)N2C[C@@H](O)[C@@H](O)C2)c1. The van der Waals surface area contributed by atoms with Gasteiger partial charge in [-0.2, -0.15) is 4.31 Å². The van der Waals surface area contributed by atoms with Crippen molar-refractivity contribution in [3.63, 3.8) is 0 Å². The quantitative estimate of drug-likeness (QED) is 0.795. The molecule has 18 heavy (non-hydrogen) atoms. The van der Waals surface area contributed by atoms with Gasteiger partial charge in [0.2, 0.25) is 10.0 Å². The summed E-state index contributed by atoms with van der Waals surface area (Å²) in [4.78, 5) is 0.210. The molecule has 6 heteroatoms. The van der Waals surface area contributed by atoms with Crippen LogP contribution in [0.5, 0.6) is 0 Å². The second-order valence-corrected chi connectivity index (χ2v) is 6.72. The van der Waals surface area contributed by atoms with E-state index in [1.165, 1.54) is 0 Å². The highest BCUT2D eigenvalue weighted by atomic mass is 32.2. The van der Waals surface area contributed by atoms with Crippen molar-refractivity contribution in [2.45, 2.75) is 31.0 Å². The van der Waals surface area contributed by atoms with Gasteiger partial charge in [0, 0.05) is 13.1 Å². The van der Waals surface area contributed by atoms with Crippen molar-refractivity contribution >= 4 is 10.0 Å². The minimum Gasteiger partial charge on any atom is -0.389 e. The van der Waals surface area contributed by atoms with Gasteiger partial charge >= 0.3 is 0 Å². The van der Waals surface area contributed by atoms with E-state index in [-0.39, 0.29) is 18.0 Å². The van der Waals surface area contributed by atoms with Gasteiger partial charge in [0.1, 0.15) is 0 Å². The molecule has 0 aromatic heterocycles. The molecule has 0 spiro atoms. The summed E-state index contributed by atoms with van der Waals surface area (Å²) >= 11 is 0. The Morgan fingerprint density at radius 2 is 1.50 bits per heavy atom. The van der Waals surface area contributed by atoms with Gasteiger partial charge in [-0.15, -0.1) is 0 Å². The molecule has 1 aliphatic heterocycles. The van der Waals surface area contributed by atoms with Gasteiger partial charge in [0.15, 0.2) is 0 Å². The molecular formula is C12H17NO4S. The first-order valence-electron chi connectivity index (χ1n) is 5.75. The fraction of sp³-hybridized carbons (Fsp3) is 0.500. The minimum absolute atomic E-state index is 0.0590. The van der Waals surface area contributed by atoms with Crippen LogP contribution in [-0.4, -0.2) is 48.2 Å². The van der Waals surface area contributed by atoms with Crippen molar-refractivity contribution in [1.29, 1.82) is 0 Å². The normalized spacial score (nSPS) is 25.6. The number of aliphatic hydroxyl groups is 2. The van der Waals surface area contributed by atoms with E-state index in [0.29, 0.717) is 0 Å². The largest absolute Gasteiger partial charge is 0.389 e. The molecule has 0 saturated carbocycles. The number of sulfonamides is 1. The molecule has 1 saturated heterocycles. The third-order valence-electron chi connectivity index (χ3n) is 3.06. The number of hydrogen-bond donors (Lipinski definition) is 2. The molecule has 0 radical (unpaired) electrons. The molecule has 0 amide bonds. The second-order valence-electron chi connectivity index (χ2n) is 4.78. The Morgan fingerprint density at radius 1 is 1.06 bits per heavy atom. The second kappa shape index (κ2) is 4.62. The van der Waals surface area contributed by atoms with E-state index in [1.807, 2.05) is 19.9 Å². The van der Waals surface area contributed by atoms with Crippen molar-refractivity contribution in [3.05, 3.63) is 29.3 Å². The van der Waals surface area contributed by atoms with Crippen LogP contribution in [0, 0.1) is 13.8 Å². The van der Waals surface area contributed by atoms with Gasteiger partial charge in [-0.05, 0) is 37.1 Å². The van der Waals surface area contributed by atoms with Crippen LogP contribution in [0.2, 0.25) is 0 Å². The van der Waals surface area contributed by atoms with Gasteiger partial charge in [-0.1, -0.05) is 6.07 Å². The third-order valence-corrected chi connectivity index (χ3v) is 4.87. The minimum atomic E-state index is -3.64. The Hall–Kier alpha value is -0.950. The fourth-order valence-corrected chi connectivity index (χ4v) is 3.83. The van der Waals surface area contributed by atoms with Crippen LogP contribution in [0.3, 0.4) is 0 Å². The average molecular weight is 271 g/mol. The number of nitrogens with zero attached hydrogens (tertiary/aromatic N) is 1. The smallest absolute Gasteiger partial charge is 0.243 e. The summed E-state index contributed by atoms with van der Waals surface area (Å²) in [6.07, 6.45) is -2.02. The van der Waals surface area contributed by atoms with E-state index < -0.39 is 22.2 Å². The molecule has 100 valence electrons. The third kappa shape index (κ3) is 2.42. The molecule has 0 aliphatic carbocycles. The summed E-state index contributed by atoms with van der Waals surface area (Å²) in [5.41, 5.74) is 1.74. The number of hydrogen-bond acceptors (Lipinski definition) is 4. The van der Waals surface area contributed by atoms with Gasteiger partial charge in [-0.3, -0.25) is 0 Å². The molecule has 2 N–H and O–H groups in total. The predicted molar refractivity (Wildman–Crippen MR) is 66.7 cm³/mol. The van der Waals surface area contributed by atoms with E-state index in [4.69, 9.17) is 0 Å². The highest BCUT2D eigenvalue weighted by Crippen LogP contribution is 2.23. The summed E-state index contributed by atoms with van der Waals surface area (Å²) in [6.45, 7) is 3.55. The summed E-state index contributed by atoms with van der Waals surface area (Å²) < 4.78 is 25.8.